The maximum absolute atomic E-state index is 5.86. The summed E-state index contributed by atoms with van der Waals surface area (Å²) in [5, 5.41) is 3.51. The lowest BCUT2D eigenvalue weighted by molar-refractivity contribution is 0.862. The molecular formula is C12H14ClN5. The topological polar surface area (TPSA) is 66.5 Å². The molecule has 0 unspecified atom stereocenters. The molecule has 2 aromatic rings. The van der Waals surface area contributed by atoms with E-state index < -0.39 is 0 Å². The van der Waals surface area contributed by atoms with E-state index in [9.17, 15) is 0 Å². The van der Waals surface area contributed by atoms with Crippen molar-refractivity contribution >= 4 is 28.6 Å². The minimum atomic E-state index is 0.220. The molecule has 2 heterocycles. The second-order valence-electron chi connectivity index (χ2n) is 4.37. The lowest BCUT2D eigenvalue weighted by Gasteiger charge is -2.07. The van der Waals surface area contributed by atoms with Crippen LogP contribution in [0.4, 0.5) is 5.82 Å². The van der Waals surface area contributed by atoms with E-state index >= 15 is 0 Å². The third kappa shape index (κ3) is 2.31. The van der Waals surface area contributed by atoms with Crippen molar-refractivity contribution in [1.29, 1.82) is 0 Å². The van der Waals surface area contributed by atoms with E-state index in [0.29, 0.717) is 5.65 Å². The van der Waals surface area contributed by atoms with Crippen LogP contribution in [0, 0.1) is 0 Å². The Kier molecular flexibility index (Phi) is 3.15. The van der Waals surface area contributed by atoms with Gasteiger partial charge in [-0.15, -0.1) is 0 Å². The molecule has 2 aromatic heterocycles. The molecule has 6 heteroatoms. The van der Waals surface area contributed by atoms with E-state index in [1.807, 2.05) is 0 Å². The highest BCUT2D eigenvalue weighted by atomic mass is 35.5. The number of aromatic amines is 1. The van der Waals surface area contributed by atoms with Crippen molar-refractivity contribution in [2.75, 3.05) is 11.9 Å². The van der Waals surface area contributed by atoms with E-state index in [0.717, 1.165) is 24.3 Å². The number of fused-ring (bicyclic) bond motifs is 1. The Morgan fingerprint density at radius 2 is 2.33 bits per heavy atom. The van der Waals surface area contributed by atoms with Gasteiger partial charge in [0.1, 0.15) is 5.52 Å². The van der Waals surface area contributed by atoms with Gasteiger partial charge in [0.05, 0.1) is 6.33 Å². The average Bonchev–Trinajstić information content (AvgIpc) is 2.98. The molecular weight excluding hydrogens is 250 g/mol. The average molecular weight is 264 g/mol. The highest BCUT2D eigenvalue weighted by Crippen LogP contribution is 2.22. The van der Waals surface area contributed by atoms with Gasteiger partial charge >= 0.3 is 0 Å². The molecule has 0 fully saturated rings. The number of halogens is 1. The molecule has 0 spiro atoms. The minimum absolute atomic E-state index is 0.220. The fraction of sp³-hybridized carbons (Fsp3) is 0.417. The molecule has 0 amide bonds. The van der Waals surface area contributed by atoms with Crippen molar-refractivity contribution in [3.8, 4) is 0 Å². The van der Waals surface area contributed by atoms with Crippen LogP contribution in [0.3, 0.4) is 0 Å². The molecule has 18 heavy (non-hydrogen) atoms. The third-order valence-electron chi connectivity index (χ3n) is 3.13. The Morgan fingerprint density at radius 3 is 3.17 bits per heavy atom. The zero-order valence-electron chi connectivity index (χ0n) is 9.91. The Balaban J connectivity index is 1.71. The quantitative estimate of drug-likeness (QED) is 0.657. The van der Waals surface area contributed by atoms with Crippen LogP contribution < -0.4 is 5.32 Å². The van der Waals surface area contributed by atoms with Gasteiger partial charge in [-0.3, -0.25) is 0 Å². The summed E-state index contributed by atoms with van der Waals surface area (Å²) in [5.74, 6) is 0.723. The van der Waals surface area contributed by atoms with Gasteiger partial charge in [-0.25, -0.2) is 4.98 Å². The Bertz CT molecular complexity index is 589. The normalized spacial score (nSPS) is 15.1. The third-order valence-corrected chi connectivity index (χ3v) is 3.30. The molecule has 0 bridgehead atoms. The molecule has 0 saturated heterocycles. The molecule has 5 nitrogen and oxygen atoms in total. The van der Waals surface area contributed by atoms with Gasteiger partial charge in [0, 0.05) is 6.54 Å². The molecule has 0 saturated carbocycles. The number of H-pyrrole nitrogens is 1. The number of nitrogens with zero attached hydrogens (tertiary/aromatic N) is 3. The summed E-state index contributed by atoms with van der Waals surface area (Å²) in [6.45, 7) is 0.854. The Hall–Kier alpha value is -1.62. The second kappa shape index (κ2) is 4.94. The van der Waals surface area contributed by atoms with Gasteiger partial charge in [0.2, 0.25) is 5.28 Å². The van der Waals surface area contributed by atoms with Crippen molar-refractivity contribution in [3.63, 3.8) is 0 Å². The molecule has 3 rings (SSSR count). The smallest absolute Gasteiger partial charge is 0.226 e. The summed E-state index contributed by atoms with van der Waals surface area (Å²) in [6, 6.07) is 0. The highest BCUT2D eigenvalue weighted by molar-refractivity contribution is 6.28. The molecule has 0 aromatic carbocycles. The Morgan fingerprint density at radius 1 is 1.39 bits per heavy atom. The first kappa shape index (κ1) is 11.5. The van der Waals surface area contributed by atoms with Gasteiger partial charge in [0.25, 0.3) is 0 Å². The zero-order valence-corrected chi connectivity index (χ0v) is 10.7. The van der Waals surface area contributed by atoms with Crippen molar-refractivity contribution in [2.45, 2.75) is 25.7 Å². The van der Waals surface area contributed by atoms with Crippen LogP contribution in [0.2, 0.25) is 5.28 Å². The first-order valence-corrected chi connectivity index (χ1v) is 6.49. The molecule has 1 aliphatic rings. The number of hydrogen-bond donors (Lipinski definition) is 2. The molecule has 1 aliphatic carbocycles. The number of imidazole rings is 1. The molecule has 0 aliphatic heterocycles. The van der Waals surface area contributed by atoms with Crippen molar-refractivity contribution in [2.24, 2.45) is 0 Å². The van der Waals surface area contributed by atoms with Crippen molar-refractivity contribution in [3.05, 3.63) is 23.3 Å². The van der Waals surface area contributed by atoms with Crippen LogP contribution in [-0.2, 0) is 0 Å². The number of nitrogens with one attached hydrogen (secondary N) is 2. The van der Waals surface area contributed by atoms with Gasteiger partial charge in [-0.1, -0.05) is 11.6 Å². The fourth-order valence-corrected chi connectivity index (χ4v) is 2.41. The monoisotopic (exact) mass is 263 g/mol. The van der Waals surface area contributed by atoms with Crippen molar-refractivity contribution in [1.82, 2.24) is 19.9 Å². The summed E-state index contributed by atoms with van der Waals surface area (Å²) in [6.07, 6.45) is 8.72. The minimum Gasteiger partial charge on any atom is -0.368 e. The number of aromatic nitrogens is 4. The van der Waals surface area contributed by atoms with E-state index in [4.69, 9.17) is 11.6 Å². The number of anilines is 1. The van der Waals surface area contributed by atoms with Gasteiger partial charge in [-0.05, 0) is 37.3 Å². The van der Waals surface area contributed by atoms with Crippen molar-refractivity contribution < 1.29 is 0 Å². The SMILES string of the molecule is Clc1nc(NCCC2=CCCC2)c2[nH]cnc2n1. The highest BCUT2D eigenvalue weighted by Gasteiger charge is 2.09. The summed E-state index contributed by atoms with van der Waals surface area (Å²) < 4.78 is 0. The van der Waals surface area contributed by atoms with Gasteiger partial charge < -0.3 is 10.3 Å². The largest absolute Gasteiger partial charge is 0.368 e. The summed E-state index contributed by atoms with van der Waals surface area (Å²) in [7, 11) is 0. The Labute approximate surface area is 110 Å². The summed E-state index contributed by atoms with van der Waals surface area (Å²) >= 11 is 5.86. The van der Waals surface area contributed by atoms with Crippen LogP contribution in [0.5, 0.6) is 0 Å². The van der Waals surface area contributed by atoms with Crippen LogP contribution in [-0.4, -0.2) is 26.5 Å². The number of rotatable bonds is 4. The van der Waals surface area contributed by atoms with Crippen LogP contribution in [0.25, 0.3) is 11.2 Å². The fourth-order valence-electron chi connectivity index (χ4n) is 2.24. The second-order valence-corrected chi connectivity index (χ2v) is 4.71. The molecule has 94 valence electrons. The molecule has 2 N–H and O–H groups in total. The van der Waals surface area contributed by atoms with Gasteiger partial charge in [-0.2, -0.15) is 9.97 Å². The van der Waals surface area contributed by atoms with E-state index in [2.05, 4.69) is 31.3 Å². The zero-order chi connectivity index (χ0) is 12.4. The number of hydrogen-bond acceptors (Lipinski definition) is 4. The standard InChI is InChI=1S/C12H14ClN5/c13-12-17-10(9-11(18-12)16-7-15-9)14-6-5-8-3-1-2-4-8/h3,7H,1-2,4-6H2,(H2,14,15,16,17,18). The molecule has 0 atom stereocenters. The first-order valence-electron chi connectivity index (χ1n) is 6.11. The maximum Gasteiger partial charge on any atom is 0.226 e. The van der Waals surface area contributed by atoms with Crippen LogP contribution in [0.15, 0.2) is 18.0 Å². The van der Waals surface area contributed by atoms with E-state index in [1.165, 1.54) is 24.8 Å². The van der Waals surface area contributed by atoms with Gasteiger partial charge in [0.15, 0.2) is 11.5 Å². The predicted octanol–water partition coefficient (Wildman–Crippen LogP) is 2.92. The summed E-state index contributed by atoms with van der Waals surface area (Å²) in [4.78, 5) is 15.3. The van der Waals surface area contributed by atoms with E-state index in [-0.39, 0.29) is 5.28 Å². The molecule has 0 radical (unpaired) electrons. The summed E-state index contributed by atoms with van der Waals surface area (Å²) in [5.41, 5.74) is 2.93. The number of allylic oxidation sites excluding steroid dienone is 1. The first-order chi connectivity index (χ1) is 8.83. The van der Waals surface area contributed by atoms with Crippen LogP contribution in [0.1, 0.15) is 25.7 Å². The lowest BCUT2D eigenvalue weighted by atomic mass is 10.2. The maximum atomic E-state index is 5.86. The lowest BCUT2D eigenvalue weighted by Crippen LogP contribution is -2.05. The van der Waals surface area contributed by atoms with Crippen LogP contribution >= 0.6 is 11.6 Å². The predicted molar refractivity (Wildman–Crippen MR) is 71.7 cm³/mol. The van der Waals surface area contributed by atoms with E-state index in [1.54, 1.807) is 6.33 Å².